The molecule has 0 spiro atoms. The third-order valence-corrected chi connectivity index (χ3v) is 2.81. The maximum atomic E-state index is 11.7. The molecule has 1 aliphatic heterocycles. The van der Waals surface area contributed by atoms with E-state index in [1.807, 2.05) is 18.9 Å². The van der Waals surface area contributed by atoms with E-state index in [-0.39, 0.29) is 24.3 Å². The number of aliphatic hydroxyl groups is 1. The van der Waals surface area contributed by atoms with Gasteiger partial charge in [-0.15, -0.1) is 0 Å². The minimum Gasteiger partial charge on any atom is -0.395 e. The van der Waals surface area contributed by atoms with E-state index >= 15 is 0 Å². The molecule has 0 aliphatic carbocycles. The Hall–Kier alpha value is -0.450. The number of carbonyl (C=O) groups excluding carboxylic acids is 1. The Balaban J connectivity index is 2.31. The summed E-state index contributed by atoms with van der Waals surface area (Å²) in [5.41, 5.74) is 0. The molecule has 1 rings (SSSR count). The van der Waals surface area contributed by atoms with E-state index in [1.165, 1.54) is 0 Å². The molecular weight excluding hydrogens is 182 g/mol. The summed E-state index contributed by atoms with van der Waals surface area (Å²) in [7, 11) is 1.86. The normalized spacial score (nSPS) is 24.1. The minimum absolute atomic E-state index is 0.0428. The highest BCUT2D eigenvalue weighted by Gasteiger charge is 2.24. The number of ketones is 1. The number of Topliss-reactive ketones (excluding diaryl/α,β-unsaturated/α-hetero) is 1. The van der Waals surface area contributed by atoms with Crippen LogP contribution in [0.1, 0.15) is 13.3 Å². The molecule has 0 bridgehead atoms. The molecule has 0 saturated carbocycles. The van der Waals surface area contributed by atoms with Crippen molar-refractivity contribution in [1.82, 2.24) is 4.90 Å². The second-order valence-corrected chi connectivity index (χ2v) is 3.97. The summed E-state index contributed by atoms with van der Waals surface area (Å²) in [5.74, 6) is 0.300. The molecule has 1 heterocycles. The van der Waals surface area contributed by atoms with Crippen LogP contribution in [-0.2, 0) is 9.53 Å². The molecule has 0 aromatic rings. The van der Waals surface area contributed by atoms with E-state index < -0.39 is 0 Å². The maximum absolute atomic E-state index is 11.7. The third-order valence-electron chi connectivity index (χ3n) is 2.81. The van der Waals surface area contributed by atoms with Gasteiger partial charge in [-0.25, -0.2) is 0 Å². The predicted molar refractivity (Wildman–Crippen MR) is 53.1 cm³/mol. The molecule has 2 atom stereocenters. The van der Waals surface area contributed by atoms with Crippen molar-refractivity contribution in [2.45, 2.75) is 19.4 Å². The summed E-state index contributed by atoms with van der Waals surface area (Å²) in [6.07, 6.45) is 0.847. The van der Waals surface area contributed by atoms with Gasteiger partial charge in [0.25, 0.3) is 0 Å². The van der Waals surface area contributed by atoms with Crippen molar-refractivity contribution in [1.29, 1.82) is 0 Å². The summed E-state index contributed by atoms with van der Waals surface area (Å²) in [6, 6.07) is 0.0428. The molecule has 1 aliphatic rings. The molecule has 0 aromatic heterocycles. The average molecular weight is 201 g/mol. The number of rotatable bonds is 5. The Kier molecular flexibility index (Phi) is 4.51. The summed E-state index contributed by atoms with van der Waals surface area (Å²) < 4.78 is 5.16. The molecule has 82 valence electrons. The first-order valence-corrected chi connectivity index (χ1v) is 5.06. The topological polar surface area (TPSA) is 49.8 Å². The molecule has 0 radical (unpaired) electrons. The molecule has 4 nitrogen and oxygen atoms in total. The van der Waals surface area contributed by atoms with E-state index in [1.54, 1.807) is 0 Å². The Labute approximate surface area is 84.8 Å². The Morgan fingerprint density at radius 1 is 1.71 bits per heavy atom. The van der Waals surface area contributed by atoms with Crippen LogP contribution >= 0.6 is 0 Å². The van der Waals surface area contributed by atoms with Gasteiger partial charge in [-0.2, -0.15) is 0 Å². The van der Waals surface area contributed by atoms with Crippen LogP contribution < -0.4 is 0 Å². The average Bonchev–Trinajstić information content (AvgIpc) is 2.69. The summed E-state index contributed by atoms with van der Waals surface area (Å²) in [5, 5.41) is 8.91. The highest BCUT2D eigenvalue weighted by molar-refractivity contribution is 5.83. The van der Waals surface area contributed by atoms with Crippen molar-refractivity contribution in [3.8, 4) is 0 Å². The summed E-state index contributed by atoms with van der Waals surface area (Å²) in [4.78, 5) is 13.5. The van der Waals surface area contributed by atoms with Crippen molar-refractivity contribution in [2.24, 2.45) is 5.92 Å². The fraction of sp³-hybridized carbons (Fsp3) is 0.900. The highest BCUT2D eigenvalue weighted by atomic mass is 16.5. The van der Waals surface area contributed by atoms with Gasteiger partial charge in [-0.1, -0.05) is 0 Å². The molecule has 1 N–H and O–H groups in total. The van der Waals surface area contributed by atoms with Gasteiger partial charge in [0.1, 0.15) is 0 Å². The Morgan fingerprint density at radius 3 is 2.93 bits per heavy atom. The molecule has 1 saturated heterocycles. The fourth-order valence-electron chi connectivity index (χ4n) is 1.46. The van der Waals surface area contributed by atoms with Gasteiger partial charge < -0.3 is 9.84 Å². The van der Waals surface area contributed by atoms with Gasteiger partial charge in [-0.05, 0) is 20.4 Å². The first-order chi connectivity index (χ1) is 6.65. The monoisotopic (exact) mass is 201 g/mol. The SMILES string of the molecule is CC(CO)N(C)CC(=O)C1CCOC1. The van der Waals surface area contributed by atoms with E-state index in [0.29, 0.717) is 19.8 Å². The van der Waals surface area contributed by atoms with Gasteiger partial charge in [-0.3, -0.25) is 9.69 Å². The van der Waals surface area contributed by atoms with E-state index in [2.05, 4.69) is 0 Å². The van der Waals surface area contributed by atoms with Crippen LogP contribution in [0.25, 0.3) is 0 Å². The highest BCUT2D eigenvalue weighted by Crippen LogP contribution is 2.14. The lowest BCUT2D eigenvalue weighted by Crippen LogP contribution is -2.38. The number of hydrogen-bond donors (Lipinski definition) is 1. The van der Waals surface area contributed by atoms with Crippen molar-refractivity contribution < 1.29 is 14.6 Å². The molecule has 0 aromatic carbocycles. The molecular formula is C10H19NO3. The van der Waals surface area contributed by atoms with Gasteiger partial charge in [0.15, 0.2) is 5.78 Å². The largest absolute Gasteiger partial charge is 0.395 e. The maximum Gasteiger partial charge on any atom is 0.152 e. The second-order valence-electron chi connectivity index (χ2n) is 3.97. The number of likely N-dealkylation sites (N-methyl/N-ethyl adjacent to an activating group) is 1. The van der Waals surface area contributed by atoms with E-state index in [9.17, 15) is 4.79 Å². The minimum atomic E-state index is 0.0428. The molecule has 4 heteroatoms. The van der Waals surface area contributed by atoms with Crippen molar-refractivity contribution in [3.63, 3.8) is 0 Å². The van der Waals surface area contributed by atoms with Crippen LogP contribution in [0.2, 0.25) is 0 Å². The van der Waals surface area contributed by atoms with Crippen molar-refractivity contribution >= 4 is 5.78 Å². The number of hydrogen-bond acceptors (Lipinski definition) is 4. The van der Waals surface area contributed by atoms with E-state index in [4.69, 9.17) is 9.84 Å². The number of aliphatic hydroxyl groups excluding tert-OH is 1. The lowest BCUT2D eigenvalue weighted by atomic mass is 10.0. The molecule has 14 heavy (non-hydrogen) atoms. The van der Waals surface area contributed by atoms with E-state index in [0.717, 1.165) is 6.42 Å². The zero-order valence-corrected chi connectivity index (χ0v) is 8.90. The Morgan fingerprint density at radius 2 is 2.43 bits per heavy atom. The molecule has 0 amide bonds. The first-order valence-electron chi connectivity index (χ1n) is 5.06. The molecule has 2 unspecified atom stereocenters. The number of ether oxygens (including phenoxy) is 1. The predicted octanol–water partition coefficient (Wildman–Crippen LogP) is -0.0954. The van der Waals surface area contributed by atoms with Gasteiger partial charge in [0, 0.05) is 18.6 Å². The van der Waals surface area contributed by atoms with Crippen LogP contribution in [-0.4, -0.2) is 55.2 Å². The van der Waals surface area contributed by atoms with Crippen LogP contribution in [0, 0.1) is 5.92 Å². The summed E-state index contributed by atoms with van der Waals surface area (Å²) >= 11 is 0. The van der Waals surface area contributed by atoms with Gasteiger partial charge >= 0.3 is 0 Å². The van der Waals surface area contributed by atoms with Gasteiger partial charge in [0.2, 0.25) is 0 Å². The fourth-order valence-corrected chi connectivity index (χ4v) is 1.46. The second kappa shape index (κ2) is 5.44. The first kappa shape index (κ1) is 11.6. The van der Waals surface area contributed by atoms with Crippen LogP contribution in [0.5, 0.6) is 0 Å². The zero-order chi connectivity index (χ0) is 10.6. The quantitative estimate of drug-likeness (QED) is 0.675. The Bertz CT molecular complexity index is 190. The van der Waals surface area contributed by atoms with Crippen LogP contribution in [0.15, 0.2) is 0 Å². The smallest absolute Gasteiger partial charge is 0.152 e. The lowest BCUT2D eigenvalue weighted by Gasteiger charge is -2.22. The van der Waals surface area contributed by atoms with Crippen molar-refractivity contribution in [2.75, 3.05) is 33.4 Å². The molecule has 1 fully saturated rings. The lowest BCUT2D eigenvalue weighted by molar-refractivity contribution is -0.124. The van der Waals surface area contributed by atoms with Crippen molar-refractivity contribution in [3.05, 3.63) is 0 Å². The van der Waals surface area contributed by atoms with Gasteiger partial charge in [0.05, 0.1) is 19.8 Å². The standard InChI is InChI=1S/C10H19NO3/c1-8(6-12)11(2)5-10(13)9-3-4-14-7-9/h8-9,12H,3-7H2,1-2H3. The van der Waals surface area contributed by atoms with Crippen LogP contribution in [0.4, 0.5) is 0 Å². The summed E-state index contributed by atoms with van der Waals surface area (Å²) in [6.45, 7) is 3.68. The third kappa shape index (κ3) is 3.04. The number of carbonyl (C=O) groups is 1. The zero-order valence-electron chi connectivity index (χ0n) is 8.90. The number of nitrogens with zero attached hydrogens (tertiary/aromatic N) is 1. The van der Waals surface area contributed by atoms with Crippen LogP contribution in [0.3, 0.4) is 0 Å².